The fourth-order valence-electron chi connectivity index (χ4n) is 2.42. The van der Waals surface area contributed by atoms with Crippen LogP contribution in [0.15, 0.2) is 72.8 Å². The van der Waals surface area contributed by atoms with Gasteiger partial charge in [0.25, 0.3) is 0 Å². The Bertz CT molecular complexity index is 766. The van der Waals surface area contributed by atoms with Crippen molar-refractivity contribution in [3.05, 3.63) is 83.9 Å². The van der Waals surface area contributed by atoms with Gasteiger partial charge in [-0.25, -0.2) is 0 Å². The van der Waals surface area contributed by atoms with Gasteiger partial charge in [0.2, 0.25) is 0 Å². The Kier molecular flexibility index (Phi) is 4.10. The molecule has 0 saturated carbocycles. The number of nitrogen functional groups attached to an aromatic ring is 1. The molecule has 2 nitrogen and oxygen atoms in total. The van der Waals surface area contributed by atoms with Crippen LogP contribution in [0.25, 0.3) is 11.1 Å². The van der Waals surface area contributed by atoms with Gasteiger partial charge in [-0.3, -0.25) is 0 Å². The molecular weight excluding hydrogens is 270 g/mol. The Morgan fingerprint density at radius 3 is 2.32 bits per heavy atom. The van der Waals surface area contributed by atoms with Crippen LogP contribution in [0.4, 0.5) is 5.69 Å². The van der Waals surface area contributed by atoms with Gasteiger partial charge in [-0.2, -0.15) is 0 Å². The Hall–Kier alpha value is -2.74. The van der Waals surface area contributed by atoms with Crippen molar-refractivity contribution in [2.45, 2.75) is 13.5 Å². The highest BCUT2D eigenvalue weighted by molar-refractivity contribution is 5.71. The number of ether oxygens (including phenoxy) is 1. The van der Waals surface area contributed by atoms with Crippen molar-refractivity contribution < 1.29 is 4.74 Å². The number of anilines is 1. The van der Waals surface area contributed by atoms with Crippen LogP contribution in [0.2, 0.25) is 0 Å². The van der Waals surface area contributed by atoms with E-state index in [2.05, 4.69) is 31.2 Å². The fraction of sp³-hybridized carbons (Fsp3) is 0.100. The van der Waals surface area contributed by atoms with E-state index in [0.717, 1.165) is 16.9 Å². The van der Waals surface area contributed by atoms with Gasteiger partial charge in [0.15, 0.2) is 0 Å². The molecule has 0 atom stereocenters. The molecule has 0 spiro atoms. The van der Waals surface area contributed by atoms with Crippen molar-refractivity contribution in [2.75, 3.05) is 5.73 Å². The van der Waals surface area contributed by atoms with E-state index >= 15 is 0 Å². The van der Waals surface area contributed by atoms with Crippen molar-refractivity contribution in [1.29, 1.82) is 0 Å². The first-order valence-electron chi connectivity index (χ1n) is 7.36. The van der Waals surface area contributed by atoms with Gasteiger partial charge in [-0.05, 0) is 35.7 Å². The average molecular weight is 289 g/mol. The minimum atomic E-state index is 0.523. The predicted molar refractivity (Wildman–Crippen MR) is 91.8 cm³/mol. The van der Waals surface area contributed by atoms with Gasteiger partial charge in [-0.1, -0.05) is 66.2 Å². The zero-order valence-electron chi connectivity index (χ0n) is 12.6. The third-order valence-corrected chi connectivity index (χ3v) is 3.60. The lowest BCUT2D eigenvalue weighted by Crippen LogP contribution is -1.98. The summed E-state index contributed by atoms with van der Waals surface area (Å²) in [6.07, 6.45) is 0. The Morgan fingerprint density at radius 2 is 1.59 bits per heavy atom. The second-order valence-electron chi connectivity index (χ2n) is 5.40. The second-order valence-corrected chi connectivity index (χ2v) is 5.40. The Morgan fingerprint density at radius 1 is 0.818 bits per heavy atom. The molecule has 0 saturated heterocycles. The molecular formula is C20H19NO. The molecule has 0 aliphatic carbocycles. The topological polar surface area (TPSA) is 35.2 Å². The van der Waals surface area contributed by atoms with Crippen LogP contribution in [-0.4, -0.2) is 0 Å². The summed E-state index contributed by atoms with van der Waals surface area (Å²) in [5.41, 5.74) is 11.4. The first-order chi connectivity index (χ1) is 10.7. The van der Waals surface area contributed by atoms with E-state index in [-0.39, 0.29) is 0 Å². The summed E-state index contributed by atoms with van der Waals surface area (Å²) < 4.78 is 5.81. The standard InChI is InChI=1S/C20H19NO/c1-15-6-5-9-17(12-15)18-10-11-20(19(21)13-18)22-14-16-7-3-2-4-8-16/h2-13H,14,21H2,1H3. The molecule has 0 aliphatic heterocycles. The summed E-state index contributed by atoms with van der Waals surface area (Å²) >= 11 is 0. The number of benzene rings is 3. The minimum Gasteiger partial charge on any atom is -0.487 e. The lowest BCUT2D eigenvalue weighted by Gasteiger charge is -2.11. The minimum absolute atomic E-state index is 0.523. The summed E-state index contributed by atoms with van der Waals surface area (Å²) in [6.45, 7) is 2.61. The van der Waals surface area contributed by atoms with Crippen LogP contribution in [0, 0.1) is 6.92 Å². The van der Waals surface area contributed by atoms with Crippen LogP contribution in [0.5, 0.6) is 5.75 Å². The van der Waals surface area contributed by atoms with Crippen LogP contribution >= 0.6 is 0 Å². The third kappa shape index (κ3) is 3.29. The Labute approximate surface area is 131 Å². The SMILES string of the molecule is Cc1cccc(-c2ccc(OCc3ccccc3)c(N)c2)c1. The van der Waals surface area contributed by atoms with E-state index < -0.39 is 0 Å². The van der Waals surface area contributed by atoms with Crippen LogP contribution in [0.3, 0.4) is 0 Å². The first-order valence-corrected chi connectivity index (χ1v) is 7.36. The van der Waals surface area contributed by atoms with Crippen molar-refractivity contribution in [3.63, 3.8) is 0 Å². The van der Waals surface area contributed by atoms with Crippen LogP contribution < -0.4 is 10.5 Å². The molecule has 0 fully saturated rings. The summed E-state index contributed by atoms with van der Waals surface area (Å²) in [7, 11) is 0. The third-order valence-electron chi connectivity index (χ3n) is 3.60. The number of hydrogen-bond acceptors (Lipinski definition) is 2. The monoisotopic (exact) mass is 289 g/mol. The second kappa shape index (κ2) is 6.35. The average Bonchev–Trinajstić information content (AvgIpc) is 2.54. The largest absolute Gasteiger partial charge is 0.487 e. The summed E-state index contributed by atoms with van der Waals surface area (Å²) in [5, 5.41) is 0. The van der Waals surface area contributed by atoms with Gasteiger partial charge in [0.1, 0.15) is 12.4 Å². The summed E-state index contributed by atoms with van der Waals surface area (Å²) in [5.74, 6) is 0.722. The number of nitrogens with two attached hydrogens (primary N) is 1. The van der Waals surface area contributed by atoms with E-state index in [1.54, 1.807) is 0 Å². The molecule has 0 aromatic heterocycles. The molecule has 0 unspecified atom stereocenters. The maximum absolute atomic E-state index is 6.14. The molecule has 3 aromatic rings. The van der Waals surface area contributed by atoms with Crippen molar-refractivity contribution >= 4 is 5.69 Å². The zero-order chi connectivity index (χ0) is 15.4. The molecule has 0 amide bonds. The predicted octanol–water partition coefficient (Wildman–Crippen LogP) is 4.82. The molecule has 0 bridgehead atoms. The molecule has 3 rings (SSSR count). The fourth-order valence-corrected chi connectivity index (χ4v) is 2.42. The zero-order valence-corrected chi connectivity index (χ0v) is 12.6. The normalized spacial score (nSPS) is 10.4. The van der Waals surface area contributed by atoms with Crippen molar-refractivity contribution in [3.8, 4) is 16.9 Å². The van der Waals surface area contributed by atoms with Gasteiger partial charge in [0.05, 0.1) is 5.69 Å². The van der Waals surface area contributed by atoms with Crippen molar-refractivity contribution in [1.82, 2.24) is 0 Å². The maximum atomic E-state index is 6.14. The lowest BCUT2D eigenvalue weighted by molar-refractivity contribution is 0.308. The highest BCUT2D eigenvalue weighted by Gasteiger charge is 2.04. The van der Waals surface area contributed by atoms with E-state index in [4.69, 9.17) is 10.5 Å². The highest BCUT2D eigenvalue weighted by atomic mass is 16.5. The van der Waals surface area contributed by atoms with Crippen molar-refractivity contribution in [2.24, 2.45) is 0 Å². The number of hydrogen-bond donors (Lipinski definition) is 1. The molecule has 2 N–H and O–H groups in total. The summed E-state index contributed by atoms with van der Waals surface area (Å²) in [4.78, 5) is 0. The highest BCUT2D eigenvalue weighted by Crippen LogP contribution is 2.29. The van der Waals surface area contributed by atoms with E-state index in [1.165, 1.54) is 11.1 Å². The molecule has 22 heavy (non-hydrogen) atoms. The molecule has 0 heterocycles. The van der Waals surface area contributed by atoms with E-state index in [1.807, 2.05) is 48.5 Å². The number of aryl methyl sites for hydroxylation is 1. The van der Waals surface area contributed by atoms with Gasteiger partial charge < -0.3 is 10.5 Å². The quantitative estimate of drug-likeness (QED) is 0.699. The number of rotatable bonds is 4. The van der Waals surface area contributed by atoms with Gasteiger partial charge >= 0.3 is 0 Å². The van der Waals surface area contributed by atoms with E-state index in [0.29, 0.717) is 12.3 Å². The van der Waals surface area contributed by atoms with Crippen LogP contribution in [0.1, 0.15) is 11.1 Å². The summed E-state index contributed by atoms with van der Waals surface area (Å²) in [6, 6.07) is 24.4. The molecule has 0 aliphatic rings. The molecule has 2 heteroatoms. The molecule has 110 valence electrons. The van der Waals surface area contributed by atoms with Gasteiger partial charge in [0, 0.05) is 0 Å². The molecule has 3 aromatic carbocycles. The molecule has 0 radical (unpaired) electrons. The van der Waals surface area contributed by atoms with Crippen LogP contribution in [-0.2, 0) is 6.61 Å². The first kappa shape index (κ1) is 14.2. The Balaban J connectivity index is 1.78. The smallest absolute Gasteiger partial charge is 0.142 e. The lowest BCUT2D eigenvalue weighted by atomic mass is 10.0. The maximum Gasteiger partial charge on any atom is 0.142 e. The van der Waals surface area contributed by atoms with E-state index in [9.17, 15) is 0 Å². The van der Waals surface area contributed by atoms with Gasteiger partial charge in [-0.15, -0.1) is 0 Å².